The van der Waals surface area contributed by atoms with Crippen LogP contribution in [0.3, 0.4) is 0 Å². The number of nitrogens with one attached hydrogen (secondary N) is 1. The van der Waals surface area contributed by atoms with Gasteiger partial charge in [0.25, 0.3) is 0 Å². The molecular formula is C19H17FN2O2S2. The van der Waals surface area contributed by atoms with Crippen molar-refractivity contribution in [3.05, 3.63) is 77.1 Å². The van der Waals surface area contributed by atoms with E-state index in [9.17, 15) is 13.4 Å². The molecule has 1 heterocycles. The lowest BCUT2D eigenvalue weighted by molar-refractivity contribution is -0.118. The van der Waals surface area contributed by atoms with Crippen LogP contribution in [0.1, 0.15) is 11.3 Å². The van der Waals surface area contributed by atoms with Gasteiger partial charge in [-0.25, -0.2) is 9.37 Å². The predicted molar refractivity (Wildman–Crippen MR) is 103 cm³/mol. The van der Waals surface area contributed by atoms with Gasteiger partial charge in [0.2, 0.25) is 5.91 Å². The van der Waals surface area contributed by atoms with Gasteiger partial charge in [-0.2, -0.15) is 0 Å². The molecule has 1 unspecified atom stereocenters. The maximum Gasteiger partial charge on any atom is 0.232 e. The third-order valence-corrected chi connectivity index (χ3v) is 5.72. The Morgan fingerprint density at radius 3 is 2.58 bits per heavy atom. The van der Waals surface area contributed by atoms with Crippen molar-refractivity contribution < 1.29 is 13.4 Å². The first-order chi connectivity index (χ1) is 12.6. The van der Waals surface area contributed by atoms with Crippen LogP contribution >= 0.6 is 11.3 Å². The summed E-state index contributed by atoms with van der Waals surface area (Å²) in [6.07, 6.45) is 0. The van der Waals surface area contributed by atoms with Crippen LogP contribution in [0.4, 0.5) is 4.39 Å². The minimum Gasteiger partial charge on any atom is -0.351 e. The number of hydrogen-bond donors (Lipinski definition) is 1. The molecule has 1 N–H and O–H groups in total. The molecule has 1 amide bonds. The fraction of sp³-hybridized carbons (Fsp3) is 0.158. The predicted octanol–water partition coefficient (Wildman–Crippen LogP) is 3.51. The third kappa shape index (κ3) is 5.31. The van der Waals surface area contributed by atoms with Gasteiger partial charge in [0.05, 0.1) is 11.4 Å². The zero-order chi connectivity index (χ0) is 18.4. The summed E-state index contributed by atoms with van der Waals surface area (Å²) >= 11 is 1.41. The Morgan fingerprint density at radius 2 is 1.85 bits per heavy atom. The van der Waals surface area contributed by atoms with Crippen molar-refractivity contribution in [1.29, 1.82) is 0 Å². The summed E-state index contributed by atoms with van der Waals surface area (Å²) < 4.78 is 25.2. The van der Waals surface area contributed by atoms with Crippen molar-refractivity contribution in [3.8, 4) is 10.6 Å². The number of carbonyl (C=O) groups is 1. The molecule has 0 radical (unpaired) electrons. The van der Waals surface area contributed by atoms with Gasteiger partial charge in [0, 0.05) is 28.3 Å². The quantitative estimate of drug-likeness (QED) is 0.674. The van der Waals surface area contributed by atoms with Gasteiger partial charge in [0.1, 0.15) is 16.6 Å². The molecule has 7 heteroatoms. The molecule has 2 aromatic carbocycles. The Hall–Kier alpha value is -2.38. The van der Waals surface area contributed by atoms with E-state index in [1.54, 1.807) is 12.1 Å². The zero-order valence-electron chi connectivity index (χ0n) is 13.9. The number of carbonyl (C=O) groups excluding carboxylic acids is 1. The van der Waals surface area contributed by atoms with E-state index in [-0.39, 0.29) is 23.2 Å². The summed E-state index contributed by atoms with van der Waals surface area (Å²) in [5.41, 5.74) is 2.48. The van der Waals surface area contributed by atoms with Gasteiger partial charge < -0.3 is 5.32 Å². The Morgan fingerprint density at radius 1 is 1.12 bits per heavy atom. The number of benzene rings is 2. The molecule has 0 aliphatic rings. The lowest BCUT2D eigenvalue weighted by atomic mass is 10.2. The van der Waals surface area contributed by atoms with E-state index in [0.29, 0.717) is 12.2 Å². The van der Waals surface area contributed by atoms with Crippen LogP contribution in [0, 0.1) is 5.82 Å². The Labute approximate surface area is 157 Å². The Balaban J connectivity index is 1.50. The van der Waals surface area contributed by atoms with Crippen molar-refractivity contribution >= 4 is 28.0 Å². The van der Waals surface area contributed by atoms with Crippen molar-refractivity contribution in [3.63, 3.8) is 0 Å². The summed E-state index contributed by atoms with van der Waals surface area (Å²) in [4.78, 5) is 16.3. The minimum atomic E-state index is -1.33. The molecule has 3 aromatic rings. The lowest BCUT2D eigenvalue weighted by Crippen LogP contribution is -2.28. The van der Waals surface area contributed by atoms with E-state index in [4.69, 9.17) is 0 Å². The van der Waals surface area contributed by atoms with Crippen molar-refractivity contribution in [2.75, 3.05) is 5.75 Å². The smallest absolute Gasteiger partial charge is 0.232 e. The van der Waals surface area contributed by atoms with Gasteiger partial charge >= 0.3 is 0 Å². The second-order valence-electron chi connectivity index (χ2n) is 5.64. The van der Waals surface area contributed by atoms with E-state index >= 15 is 0 Å². The van der Waals surface area contributed by atoms with Crippen molar-refractivity contribution in [2.24, 2.45) is 0 Å². The van der Waals surface area contributed by atoms with Gasteiger partial charge in [-0.15, -0.1) is 11.3 Å². The van der Waals surface area contributed by atoms with E-state index < -0.39 is 10.8 Å². The molecule has 134 valence electrons. The Kier molecular flexibility index (Phi) is 6.25. The standard InChI is InChI=1S/C19H17FN2O2S2/c20-16-8-6-15(7-9-16)19-22-17(11-25-19)12-26(24)13-18(23)21-10-14-4-2-1-3-5-14/h1-9,11H,10,12-13H2,(H,21,23). The minimum absolute atomic E-state index is 0.0593. The van der Waals surface area contributed by atoms with Crippen LogP contribution in [0.5, 0.6) is 0 Å². The summed E-state index contributed by atoms with van der Waals surface area (Å²) in [6, 6.07) is 15.6. The topological polar surface area (TPSA) is 59.1 Å². The number of halogens is 1. The maximum absolute atomic E-state index is 13.0. The highest BCUT2D eigenvalue weighted by atomic mass is 32.2. The molecule has 1 aromatic heterocycles. The molecule has 26 heavy (non-hydrogen) atoms. The molecule has 0 spiro atoms. The zero-order valence-corrected chi connectivity index (χ0v) is 15.5. The molecule has 0 saturated heterocycles. The average Bonchev–Trinajstić information content (AvgIpc) is 3.09. The summed E-state index contributed by atoms with van der Waals surface area (Å²) in [7, 11) is -1.33. The first kappa shape index (κ1) is 18.4. The number of rotatable bonds is 7. The summed E-state index contributed by atoms with van der Waals surface area (Å²) in [6.45, 7) is 0.419. The number of aromatic nitrogens is 1. The highest BCUT2D eigenvalue weighted by molar-refractivity contribution is 7.84. The molecule has 0 fully saturated rings. The molecule has 0 saturated carbocycles. The van der Waals surface area contributed by atoms with Crippen LogP contribution in [0.25, 0.3) is 10.6 Å². The van der Waals surface area contributed by atoms with E-state index in [1.165, 1.54) is 23.5 Å². The number of nitrogens with zero attached hydrogens (tertiary/aromatic N) is 1. The Bertz CT molecular complexity index is 895. The molecule has 0 bridgehead atoms. The normalized spacial score (nSPS) is 11.9. The maximum atomic E-state index is 13.0. The SMILES string of the molecule is O=C(CS(=O)Cc1csc(-c2ccc(F)cc2)n1)NCc1ccccc1. The lowest BCUT2D eigenvalue weighted by Gasteiger charge is -2.05. The van der Waals surface area contributed by atoms with Gasteiger partial charge in [-0.3, -0.25) is 9.00 Å². The molecule has 1 atom stereocenters. The van der Waals surface area contributed by atoms with Gasteiger partial charge in [0.15, 0.2) is 0 Å². The van der Waals surface area contributed by atoms with Crippen LogP contribution in [-0.4, -0.2) is 20.9 Å². The summed E-state index contributed by atoms with van der Waals surface area (Å²) in [5, 5.41) is 5.33. The van der Waals surface area contributed by atoms with Crippen LogP contribution in [0.2, 0.25) is 0 Å². The monoisotopic (exact) mass is 388 g/mol. The first-order valence-corrected chi connectivity index (χ1v) is 10.3. The molecule has 3 rings (SSSR count). The van der Waals surface area contributed by atoms with E-state index in [2.05, 4.69) is 10.3 Å². The largest absolute Gasteiger partial charge is 0.351 e. The van der Waals surface area contributed by atoms with Gasteiger partial charge in [-0.1, -0.05) is 30.3 Å². The van der Waals surface area contributed by atoms with Gasteiger partial charge in [-0.05, 0) is 29.8 Å². The van der Waals surface area contributed by atoms with E-state index in [1.807, 2.05) is 35.7 Å². The molecular weight excluding hydrogens is 371 g/mol. The second-order valence-corrected chi connectivity index (χ2v) is 7.96. The van der Waals surface area contributed by atoms with Crippen molar-refractivity contribution in [1.82, 2.24) is 10.3 Å². The number of hydrogen-bond acceptors (Lipinski definition) is 4. The molecule has 0 aliphatic heterocycles. The van der Waals surface area contributed by atoms with E-state index in [0.717, 1.165) is 16.1 Å². The fourth-order valence-corrected chi connectivity index (χ4v) is 4.21. The third-order valence-electron chi connectivity index (χ3n) is 3.58. The highest BCUT2D eigenvalue weighted by Crippen LogP contribution is 2.24. The van der Waals surface area contributed by atoms with Crippen LogP contribution < -0.4 is 5.32 Å². The fourth-order valence-electron chi connectivity index (χ4n) is 2.31. The average molecular weight is 388 g/mol. The number of amides is 1. The highest BCUT2D eigenvalue weighted by Gasteiger charge is 2.12. The number of thiazole rings is 1. The summed E-state index contributed by atoms with van der Waals surface area (Å²) in [5.74, 6) is -0.388. The molecule has 4 nitrogen and oxygen atoms in total. The van der Waals surface area contributed by atoms with Crippen molar-refractivity contribution in [2.45, 2.75) is 12.3 Å². The molecule has 0 aliphatic carbocycles. The van der Waals surface area contributed by atoms with Crippen LogP contribution in [0.15, 0.2) is 60.0 Å². The van der Waals surface area contributed by atoms with Crippen LogP contribution in [-0.2, 0) is 27.9 Å². The second kappa shape index (κ2) is 8.82. The first-order valence-electron chi connectivity index (χ1n) is 7.96.